The van der Waals surface area contributed by atoms with E-state index in [2.05, 4.69) is 10.6 Å². The molecular formula is C19H20N2O4S. The van der Waals surface area contributed by atoms with Crippen molar-refractivity contribution in [3.05, 3.63) is 58.3 Å². The molecule has 2 N–H and O–H groups in total. The summed E-state index contributed by atoms with van der Waals surface area (Å²) in [6.45, 7) is -0.338. The maximum atomic E-state index is 12.4. The first-order valence-electron chi connectivity index (χ1n) is 8.46. The van der Waals surface area contributed by atoms with Gasteiger partial charge in [-0.25, -0.2) is 4.79 Å². The normalized spacial score (nSPS) is 14.3. The summed E-state index contributed by atoms with van der Waals surface area (Å²) in [5.41, 5.74) is 0.892. The van der Waals surface area contributed by atoms with Gasteiger partial charge in [0.15, 0.2) is 6.61 Å². The molecule has 0 radical (unpaired) electrons. The molecule has 0 spiro atoms. The lowest BCUT2D eigenvalue weighted by molar-refractivity contribution is -0.150. The highest BCUT2D eigenvalue weighted by molar-refractivity contribution is 7.12. The number of rotatable bonds is 8. The predicted molar refractivity (Wildman–Crippen MR) is 97.8 cm³/mol. The molecule has 1 aliphatic carbocycles. The van der Waals surface area contributed by atoms with Crippen LogP contribution in [-0.2, 0) is 20.7 Å². The highest BCUT2D eigenvalue weighted by Crippen LogP contribution is 2.18. The van der Waals surface area contributed by atoms with E-state index >= 15 is 0 Å². The monoisotopic (exact) mass is 372 g/mol. The molecule has 0 unspecified atom stereocenters. The summed E-state index contributed by atoms with van der Waals surface area (Å²) in [5, 5.41) is 7.26. The molecule has 1 atom stereocenters. The molecule has 1 fully saturated rings. The topological polar surface area (TPSA) is 84.5 Å². The number of hydrogen-bond donors (Lipinski definition) is 2. The highest BCUT2D eigenvalue weighted by Gasteiger charge is 2.26. The van der Waals surface area contributed by atoms with E-state index in [0.717, 1.165) is 18.4 Å². The molecule has 0 saturated heterocycles. The van der Waals surface area contributed by atoms with E-state index in [1.165, 1.54) is 11.3 Å². The fourth-order valence-electron chi connectivity index (χ4n) is 2.41. The van der Waals surface area contributed by atoms with Crippen molar-refractivity contribution in [1.29, 1.82) is 0 Å². The summed E-state index contributed by atoms with van der Waals surface area (Å²) in [4.78, 5) is 37.0. The molecule has 136 valence electrons. The van der Waals surface area contributed by atoms with Crippen molar-refractivity contribution in [3.8, 4) is 0 Å². The van der Waals surface area contributed by atoms with Crippen LogP contribution in [0.2, 0.25) is 0 Å². The molecule has 1 heterocycles. The molecule has 1 saturated carbocycles. The Morgan fingerprint density at radius 3 is 2.54 bits per heavy atom. The maximum absolute atomic E-state index is 12.4. The Balaban J connectivity index is 1.61. The van der Waals surface area contributed by atoms with E-state index in [4.69, 9.17) is 4.74 Å². The molecule has 2 aromatic rings. The number of ether oxygens (including phenoxy) is 1. The Morgan fingerprint density at radius 1 is 1.12 bits per heavy atom. The zero-order valence-corrected chi connectivity index (χ0v) is 15.0. The molecule has 0 aliphatic heterocycles. The number of thiophene rings is 1. The highest BCUT2D eigenvalue weighted by atomic mass is 32.1. The van der Waals surface area contributed by atoms with Crippen molar-refractivity contribution in [2.24, 2.45) is 0 Å². The SMILES string of the molecule is O=C(COC(=O)[C@@H](Cc1ccccc1)NC(=O)c1cccs1)NC1CC1. The summed E-state index contributed by atoms with van der Waals surface area (Å²) < 4.78 is 5.12. The maximum Gasteiger partial charge on any atom is 0.329 e. The molecule has 1 aliphatic rings. The Labute approximate surface area is 155 Å². The fraction of sp³-hybridized carbons (Fsp3) is 0.316. The van der Waals surface area contributed by atoms with E-state index in [1.807, 2.05) is 30.3 Å². The lowest BCUT2D eigenvalue weighted by Gasteiger charge is -2.17. The third-order valence-corrected chi connectivity index (χ3v) is 4.77. The summed E-state index contributed by atoms with van der Waals surface area (Å²) in [5.74, 6) is -1.27. The van der Waals surface area contributed by atoms with Gasteiger partial charge in [-0.2, -0.15) is 0 Å². The molecule has 1 aromatic heterocycles. The van der Waals surface area contributed by atoms with E-state index in [0.29, 0.717) is 11.3 Å². The van der Waals surface area contributed by atoms with Gasteiger partial charge in [0.05, 0.1) is 4.88 Å². The Bertz CT molecular complexity index is 757. The Kier molecular flexibility index (Phi) is 6.01. The van der Waals surface area contributed by atoms with Crippen LogP contribution in [0.1, 0.15) is 28.1 Å². The minimum Gasteiger partial charge on any atom is -0.454 e. The lowest BCUT2D eigenvalue weighted by Crippen LogP contribution is -2.44. The van der Waals surface area contributed by atoms with Gasteiger partial charge in [0.1, 0.15) is 6.04 Å². The minimum absolute atomic E-state index is 0.208. The predicted octanol–water partition coefficient (Wildman–Crippen LogP) is 1.91. The molecule has 6 nitrogen and oxygen atoms in total. The van der Waals surface area contributed by atoms with Crippen LogP contribution in [0.4, 0.5) is 0 Å². The Hall–Kier alpha value is -2.67. The molecule has 3 rings (SSSR count). The van der Waals surface area contributed by atoms with Gasteiger partial charge in [-0.3, -0.25) is 9.59 Å². The second kappa shape index (κ2) is 8.62. The van der Waals surface area contributed by atoms with Crippen molar-refractivity contribution < 1.29 is 19.1 Å². The van der Waals surface area contributed by atoms with Crippen LogP contribution < -0.4 is 10.6 Å². The number of carbonyl (C=O) groups is 3. The summed E-state index contributed by atoms with van der Waals surface area (Å²) in [7, 11) is 0. The van der Waals surface area contributed by atoms with Crippen LogP contribution >= 0.6 is 11.3 Å². The molecule has 7 heteroatoms. The average molecular weight is 372 g/mol. The van der Waals surface area contributed by atoms with Crippen LogP contribution in [0.3, 0.4) is 0 Å². The van der Waals surface area contributed by atoms with Crippen molar-refractivity contribution in [3.63, 3.8) is 0 Å². The zero-order valence-electron chi connectivity index (χ0n) is 14.1. The molecule has 0 bridgehead atoms. The van der Waals surface area contributed by atoms with Crippen LogP contribution in [0.5, 0.6) is 0 Å². The summed E-state index contributed by atoms with van der Waals surface area (Å²) in [6, 6.07) is 12.2. The van der Waals surface area contributed by atoms with Gasteiger partial charge >= 0.3 is 5.97 Å². The third kappa shape index (κ3) is 5.42. The van der Waals surface area contributed by atoms with Crippen molar-refractivity contribution in [2.45, 2.75) is 31.3 Å². The van der Waals surface area contributed by atoms with E-state index < -0.39 is 12.0 Å². The van der Waals surface area contributed by atoms with Crippen molar-refractivity contribution in [2.75, 3.05) is 6.61 Å². The van der Waals surface area contributed by atoms with Gasteiger partial charge in [-0.1, -0.05) is 36.4 Å². The first-order chi connectivity index (χ1) is 12.6. The number of benzene rings is 1. The van der Waals surface area contributed by atoms with E-state index in [9.17, 15) is 14.4 Å². The standard InChI is InChI=1S/C19H20N2O4S/c22-17(20-14-8-9-14)12-25-19(24)15(11-13-5-2-1-3-6-13)21-18(23)16-7-4-10-26-16/h1-7,10,14-15H,8-9,11-12H2,(H,20,22)(H,21,23)/t15-/m1/s1. The van der Waals surface area contributed by atoms with E-state index in [-0.39, 0.29) is 24.5 Å². The van der Waals surface area contributed by atoms with Crippen LogP contribution in [0.25, 0.3) is 0 Å². The third-order valence-electron chi connectivity index (χ3n) is 3.91. The number of nitrogens with one attached hydrogen (secondary N) is 2. The van der Waals surface area contributed by atoms with E-state index in [1.54, 1.807) is 17.5 Å². The van der Waals surface area contributed by atoms with Crippen LogP contribution in [0, 0.1) is 0 Å². The quantitative estimate of drug-likeness (QED) is 0.694. The number of hydrogen-bond acceptors (Lipinski definition) is 5. The van der Waals surface area contributed by atoms with Crippen LogP contribution in [-0.4, -0.2) is 36.5 Å². The van der Waals surface area contributed by atoms with Gasteiger partial charge in [-0.05, 0) is 29.9 Å². The molecular weight excluding hydrogens is 352 g/mol. The average Bonchev–Trinajstić information content (AvgIpc) is 3.28. The number of amides is 2. The Morgan fingerprint density at radius 2 is 1.88 bits per heavy atom. The summed E-state index contributed by atoms with van der Waals surface area (Å²) in [6.07, 6.45) is 2.22. The molecule has 2 amide bonds. The second-order valence-electron chi connectivity index (χ2n) is 6.14. The van der Waals surface area contributed by atoms with Gasteiger partial charge in [0.2, 0.25) is 0 Å². The first kappa shape index (κ1) is 18.1. The number of carbonyl (C=O) groups excluding carboxylic acids is 3. The molecule has 1 aromatic carbocycles. The zero-order chi connectivity index (χ0) is 18.4. The van der Waals surface area contributed by atoms with Gasteiger partial charge in [-0.15, -0.1) is 11.3 Å². The number of esters is 1. The second-order valence-corrected chi connectivity index (χ2v) is 7.09. The van der Waals surface area contributed by atoms with Gasteiger partial charge < -0.3 is 15.4 Å². The van der Waals surface area contributed by atoms with Crippen molar-refractivity contribution in [1.82, 2.24) is 10.6 Å². The lowest BCUT2D eigenvalue weighted by atomic mass is 10.1. The van der Waals surface area contributed by atoms with Gasteiger partial charge in [0.25, 0.3) is 11.8 Å². The van der Waals surface area contributed by atoms with Gasteiger partial charge in [0, 0.05) is 12.5 Å². The van der Waals surface area contributed by atoms with Crippen LogP contribution in [0.15, 0.2) is 47.8 Å². The molecule has 26 heavy (non-hydrogen) atoms. The summed E-state index contributed by atoms with van der Waals surface area (Å²) >= 11 is 1.29. The minimum atomic E-state index is -0.860. The smallest absolute Gasteiger partial charge is 0.329 e. The first-order valence-corrected chi connectivity index (χ1v) is 9.34. The largest absolute Gasteiger partial charge is 0.454 e. The van der Waals surface area contributed by atoms with Crippen molar-refractivity contribution >= 4 is 29.1 Å². The fourth-order valence-corrected chi connectivity index (χ4v) is 3.04.